The molecule has 1 aromatic heterocycles. The van der Waals surface area contributed by atoms with Gasteiger partial charge >= 0.3 is 0 Å². The van der Waals surface area contributed by atoms with E-state index >= 15 is 0 Å². The molecule has 6 rings (SSSR count). The topological polar surface area (TPSA) is 12.9 Å². The van der Waals surface area contributed by atoms with Crippen molar-refractivity contribution in [3.8, 4) is 22.4 Å². The molecule has 0 spiro atoms. The van der Waals surface area contributed by atoms with Crippen LogP contribution in [0.5, 0.6) is 0 Å². The first-order chi connectivity index (χ1) is 15.0. The van der Waals surface area contributed by atoms with Gasteiger partial charge in [0.2, 0.25) is 0 Å². The maximum absolute atomic E-state index is 4.95. The summed E-state index contributed by atoms with van der Waals surface area (Å²) in [4.78, 5) is 4.95. The molecule has 3 aromatic carbocycles. The first-order valence-corrected chi connectivity index (χ1v) is 11.6. The summed E-state index contributed by atoms with van der Waals surface area (Å²) in [5.41, 5.74) is 11.3. The molecule has 0 radical (unpaired) electrons. The van der Waals surface area contributed by atoms with Crippen molar-refractivity contribution in [2.45, 2.75) is 52.4 Å². The van der Waals surface area contributed by atoms with Crippen molar-refractivity contribution in [3.63, 3.8) is 0 Å². The van der Waals surface area contributed by atoms with E-state index in [1.807, 2.05) is 6.20 Å². The van der Waals surface area contributed by atoms with E-state index < -0.39 is 0 Å². The fourth-order valence-electron chi connectivity index (χ4n) is 6.09. The lowest BCUT2D eigenvalue weighted by Gasteiger charge is -2.19. The van der Waals surface area contributed by atoms with Crippen molar-refractivity contribution < 1.29 is 0 Å². The molecule has 1 atom stereocenters. The van der Waals surface area contributed by atoms with Crippen molar-refractivity contribution in [1.29, 1.82) is 0 Å². The van der Waals surface area contributed by atoms with Gasteiger partial charge in [-0.3, -0.25) is 4.98 Å². The number of nitrogens with zero attached hydrogens (tertiary/aromatic N) is 1. The lowest BCUT2D eigenvalue weighted by atomic mass is 9.86. The van der Waals surface area contributed by atoms with Crippen LogP contribution in [0.2, 0.25) is 0 Å². The minimum Gasteiger partial charge on any atom is -0.256 e. The predicted molar refractivity (Wildman–Crippen MR) is 131 cm³/mol. The highest BCUT2D eigenvalue weighted by molar-refractivity contribution is 5.99. The Labute approximate surface area is 185 Å². The summed E-state index contributed by atoms with van der Waals surface area (Å²) in [5.74, 6) is 0.654. The van der Waals surface area contributed by atoms with E-state index in [0.29, 0.717) is 11.3 Å². The highest BCUT2D eigenvalue weighted by Crippen LogP contribution is 2.48. The van der Waals surface area contributed by atoms with E-state index in [1.54, 1.807) is 0 Å². The molecule has 0 aliphatic heterocycles. The molecule has 1 heteroatoms. The molecular weight excluding hydrogens is 374 g/mol. The van der Waals surface area contributed by atoms with E-state index in [-0.39, 0.29) is 0 Å². The number of benzene rings is 3. The molecule has 1 unspecified atom stereocenters. The molecule has 4 aromatic rings. The van der Waals surface area contributed by atoms with E-state index in [0.717, 1.165) is 12.1 Å². The van der Waals surface area contributed by atoms with Crippen molar-refractivity contribution in [3.05, 3.63) is 89.1 Å². The number of aryl methyl sites for hydroxylation is 1. The minimum atomic E-state index is 0.450. The Balaban J connectivity index is 1.55. The van der Waals surface area contributed by atoms with Crippen LogP contribution >= 0.6 is 0 Å². The van der Waals surface area contributed by atoms with Gasteiger partial charge in [-0.15, -0.1) is 0 Å². The molecule has 2 aliphatic carbocycles. The lowest BCUT2D eigenvalue weighted by Crippen LogP contribution is -2.05. The maximum Gasteiger partial charge on any atom is 0.0783 e. The van der Waals surface area contributed by atoms with Crippen molar-refractivity contribution in [1.82, 2.24) is 4.98 Å². The largest absolute Gasteiger partial charge is 0.256 e. The van der Waals surface area contributed by atoms with Crippen LogP contribution in [0.1, 0.15) is 61.3 Å². The fourth-order valence-corrected chi connectivity index (χ4v) is 6.09. The monoisotopic (exact) mass is 403 g/mol. The van der Waals surface area contributed by atoms with Crippen LogP contribution in [0.3, 0.4) is 0 Å². The van der Waals surface area contributed by atoms with Crippen LogP contribution in [-0.2, 0) is 6.42 Å². The van der Waals surface area contributed by atoms with E-state index in [9.17, 15) is 0 Å². The number of pyridine rings is 1. The molecule has 1 saturated carbocycles. The third-order valence-corrected chi connectivity index (χ3v) is 7.57. The summed E-state index contributed by atoms with van der Waals surface area (Å²) in [6.45, 7) is 7.04. The summed E-state index contributed by atoms with van der Waals surface area (Å²) >= 11 is 0. The van der Waals surface area contributed by atoms with Gasteiger partial charge in [-0.25, -0.2) is 0 Å². The Morgan fingerprint density at radius 1 is 0.871 bits per heavy atom. The summed E-state index contributed by atoms with van der Waals surface area (Å²) in [5, 5.41) is 2.69. The molecule has 0 saturated heterocycles. The van der Waals surface area contributed by atoms with Crippen LogP contribution in [0.15, 0.2) is 66.9 Å². The van der Waals surface area contributed by atoms with Gasteiger partial charge < -0.3 is 0 Å². The Morgan fingerprint density at radius 2 is 1.71 bits per heavy atom. The van der Waals surface area contributed by atoms with E-state index in [1.165, 1.54) is 69.0 Å². The Hall–Kier alpha value is -2.93. The average Bonchev–Trinajstić information content (AvgIpc) is 3.32. The standard InChI is InChI=1S/C30H29N/c1-19-15-26-22-8-5-4-7-20(22)17-27(26)28(16-19)29-25-10-6-9-23(24(25)12-14-31-29)21-11-13-30(2,3)18-21/h4-10,12,14-16,21H,11,13,17-18H2,1-3H3. The molecule has 31 heavy (non-hydrogen) atoms. The molecule has 1 nitrogen and oxygen atoms in total. The number of hydrogen-bond acceptors (Lipinski definition) is 1. The van der Waals surface area contributed by atoms with Gasteiger partial charge in [-0.1, -0.05) is 62.4 Å². The first-order valence-electron chi connectivity index (χ1n) is 11.6. The highest BCUT2D eigenvalue weighted by atomic mass is 14.7. The molecule has 1 fully saturated rings. The second-order valence-corrected chi connectivity index (χ2v) is 10.4. The fraction of sp³-hybridized carbons (Fsp3) is 0.300. The van der Waals surface area contributed by atoms with Crippen LogP contribution in [-0.4, -0.2) is 4.98 Å². The molecule has 2 aliphatic rings. The summed E-state index contributed by atoms with van der Waals surface area (Å²) < 4.78 is 0. The summed E-state index contributed by atoms with van der Waals surface area (Å²) in [7, 11) is 0. The summed E-state index contributed by atoms with van der Waals surface area (Å²) in [6, 6.07) is 22.7. The van der Waals surface area contributed by atoms with Gasteiger partial charge in [0.25, 0.3) is 0 Å². The van der Waals surface area contributed by atoms with Crippen LogP contribution in [0.4, 0.5) is 0 Å². The number of fused-ring (bicyclic) bond motifs is 4. The molecule has 0 amide bonds. The maximum atomic E-state index is 4.95. The van der Waals surface area contributed by atoms with Crippen molar-refractivity contribution >= 4 is 10.8 Å². The molecule has 0 bridgehead atoms. The van der Waals surface area contributed by atoms with Crippen LogP contribution in [0, 0.1) is 12.3 Å². The Morgan fingerprint density at radius 3 is 2.55 bits per heavy atom. The molecular formula is C30H29N. The average molecular weight is 404 g/mol. The van der Waals surface area contributed by atoms with Crippen molar-refractivity contribution in [2.24, 2.45) is 5.41 Å². The van der Waals surface area contributed by atoms with Gasteiger partial charge in [0.05, 0.1) is 5.69 Å². The Kier molecular flexibility index (Phi) is 4.12. The highest BCUT2D eigenvalue weighted by Gasteiger charge is 2.32. The lowest BCUT2D eigenvalue weighted by molar-refractivity contribution is 0.376. The minimum absolute atomic E-state index is 0.450. The summed E-state index contributed by atoms with van der Waals surface area (Å²) in [6.07, 6.45) is 6.90. The van der Waals surface area contributed by atoms with Gasteiger partial charge in [0, 0.05) is 17.1 Å². The second kappa shape index (κ2) is 6.79. The Bertz CT molecular complexity index is 1330. The molecule has 154 valence electrons. The van der Waals surface area contributed by atoms with E-state index in [2.05, 4.69) is 81.4 Å². The normalized spacial score (nSPS) is 18.9. The number of hydrogen-bond donors (Lipinski definition) is 0. The third-order valence-electron chi connectivity index (χ3n) is 7.57. The van der Waals surface area contributed by atoms with Gasteiger partial charge in [0.1, 0.15) is 0 Å². The quantitative estimate of drug-likeness (QED) is 0.290. The molecule has 0 N–H and O–H groups in total. The van der Waals surface area contributed by atoms with Crippen LogP contribution in [0.25, 0.3) is 33.2 Å². The zero-order chi connectivity index (χ0) is 21.2. The van der Waals surface area contributed by atoms with Gasteiger partial charge in [-0.2, -0.15) is 0 Å². The number of aromatic nitrogens is 1. The zero-order valence-electron chi connectivity index (χ0n) is 18.7. The van der Waals surface area contributed by atoms with Crippen molar-refractivity contribution in [2.75, 3.05) is 0 Å². The van der Waals surface area contributed by atoms with E-state index in [4.69, 9.17) is 4.98 Å². The molecule has 1 heterocycles. The third kappa shape index (κ3) is 3.02. The van der Waals surface area contributed by atoms with Gasteiger partial charge in [0.15, 0.2) is 0 Å². The van der Waals surface area contributed by atoms with Gasteiger partial charge in [-0.05, 0) is 94.8 Å². The zero-order valence-corrected chi connectivity index (χ0v) is 18.7. The number of rotatable bonds is 2. The second-order valence-electron chi connectivity index (χ2n) is 10.4. The first kappa shape index (κ1) is 18.8. The van der Waals surface area contributed by atoms with Crippen LogP contribution < -0.4 is 0 Å². The smallest absolute Gasteiger partial charge is 0.0783 e. The predicted octanol–water partition coefficient (Wildman–Crippen LogP) is 8.08. The SMILES string of the molecule is Cc1cc2c(c(-c3nccc4c(C5CCC(C)(C)C5)cccc34)c1)Cc1ccccc1-2.